The second-order valence-corrected chi connectivity index (χ2v) is 48.8. The minimum absolute atomic E-state index is 0.00666. The van der Waals surface area contributed by atoms with Crippen LogP contribution in [0.25, 0.3) is 0 Å². The van der Waals surface area contributed by atoms with Crippen LogP contribution in [0, 0.1) is 0 Å². The second kappa shape index (κ2) is 88.6. The average molecular weight is 1710 g/mol. The smallest absolute Gasteiger partial charge is 0.234 e. The molecule has 0 aliphatic heterocycles. The first-order valence-electron chi connectivity index (χ1n) is 45.8. The summed E-state index contributed by atoms with van der Waals surface area (Å²) in [4.78, 5) is 85.0. The number of nitrogens with zero attached hydrogens (tertiary/aromatic N) is 3. The third-order valence-electron chi connectivity index (χ3n) is 21.1. The Labute approximate surface area is 697 Å². The van der Waals surface area contributed by atoms with Crippen LogP contribution in [0.5, 0.6) is 0 Å². The molecule has 0 aromatic heterocycles. The third kappa shape index (κ3) is 82.0. The van der Waals surface area contributed by atoms with Crippen LogP contribution < -0.4 is 31.1 Å². The number of hydrogen-bond donors (Lipinski definition) is 6. The Morgan fingerprint density at radius 1 is 0.355 bits per heavy atom. The number of amides is 3. The molecule has 0 rings (SSSR count). The van der Waals surface area contributed by atoms with Gasteiger partial charge >= 0.3 is 0 Å². The number of nitrogens with one attached hydrogen (secondary N) is 5. The number of nitrogens with two attached hydrogens (primary N) is 1. The fourth-order valence-electron chi connectivity index (χ4n) is 13.9. The maximum atomic E-state index is 13.3. The van der Waals surface area contributed by atoms with Gasteiger partial charge in [-0.1, -0.05) is 332 Å². The second-order valence-electron chi connectivity index (χ2n) is 31.6. The van der Waals surface area contributed by atoms with Gasteiger partial charge in [0.15, 0.2) is 0 Å². The van der Waals surface area contributed by atoms with Gasteiger partial charge in [-0.05, 0) is 96.3 Å². The molecule has 0 radical (unpaired) electrons. The average Bonchev–Trinajstić information content (AvgIpc) is 0.961. The standard InChI is InChI=1S/C86H176N9O6P6S3/c1-5-8-11-14-17-20-23-26-29-31-33-36-39-42-45-48-76-105-110(104)92-65-52-56-82(97)60-72-95(74-62-84(99)88-64-54-78-108(106-102)77-49-46-43-40-37-34-28-25-22-19-16-13-10-7-3)75-68-90-86(101)80-93(4)70-58-83(98)57-53-69-94(71-59-81(96)55-51-63-87)73-61-85(100)89-66-67-91-109(107-103)79-50-47-44-41-38-35-32-30-27-24-21-18-15-12-9-6-2/h91-92,104H,5-80,87,102-103H2,1-4H3,(H,88,99)(H,89,100)(H,90,101)/q-1. The van der Waals surface area contributed by atoms with Gasteiger partial charge in [0, 0.05) is 123 Å². The van der Waals surface area contributed by atoms with Crippen molar-refractivity contribution in [3.8, 4) is 0 Å². The summed E-state index contributed by atoms with van der Waals surface area (Å²) in [6.45, 7) is 14.3. The van der Waals surface area contributed by atoms with Gasteiger partial charge in [0.2, 0.25) is 17.7 Å². The quantitative estimate of drug-likeness (QED) is 0.0192. The molecule has 0 aliphatic carbocycles. The van der Waals surface area contributed by atoms with Crippen LogP contribution in [-0.4, -0.2) is 172 Å². The van der Waals surface area contributed by atoms with E-state index in [0.29, 0.717) is 146 Å². The number of hydrogen-bond acceptors (Lipinski definition) is 11. The molecule has 0 heterocycles. The summed E-state index contributed by atoms with van der Waals surface area (Å²) in [5, 5.41) is 9.35. The molecule has 4 unspecified atom stereocenters. The van der Waals surface area contributed by atoms with Crippen molar-refractivity contribution in [2.24, 2.45) is 5.73 Å². The van der Waals surface area contributed by atoms with Gasteiger partial charge in [-0.2, -0.15) is 10.1 Å². The highest BCUT2D eigenvalue weighted by molar-refractivity contribution is 8.38. The Kier molecular flexibility index (Phi) is 88.8. The van der Waals surface area contributed by atoms with E-state index in [1.165, 1.54) is 334 Å². The lowest BCUT2D eigenvalue weighted by molar-refractivity contribution is -0.123. The molecule has 0 saturated heterocycles. The summed E-state index contributed by atoms with van der Waals surface area (Å²) in [7, 11) is 16.0. The number of Topliss-reactive ketones (excluding diaryl/α,β-unsaturated/α-hetero) is 3. The molecule has 7 N–H and O–H groups in total. The first-order valence-corrected chi connectivity index (χ1v) is 59.1. The Balaban J connectivity index is 5.03. The van der Waals surface area contributed by atoms with E-state index in [0.717, 1.165) is 31.7 Å². The van der Waals surface area contributed by atoms with Gasteiger partial charge in [0.05, 0.1) is 6.54 Å². The fraction of sp³-hybridized carbons (Fsp3) is 0.930. The van der Waals surface area contributed by atoms with Gasteiger partial charge in [0.25, 0.3) is 0 Å². The van der Waals surface area contributed by atoms with Crippen molar-refractivity contribution in [2.75, 3.05) is 122 Å². The molecule has 3 amide bonds. The van der Waals surface area contributed by atoms with Gasteiger partial charge in [-0.25, -0.2) is 7.36 Å². The van der Waals surface area contributed by atoms with E-state index in [9.17, 15) is 28.8 Å². The highest BCUT2D eigenvalue weighted by Crippen LogP contribution is 2.21. The summed E-state index contributed by atoms with van der Waals surface area (Å²) >= 11 is 0. The van der Waals surface area contributed by atoms with E-state index in [4.69, 9.17) is 5.73 Å². The van der Waals surface area contributed by atoms with E-state index >= 15 is 0 Å². The van der Waals surface area contributed by atoms with Gasteiger partial charge in [-0.15, -0.1) is 0 Å². The molecule has 4 atom stereocenters. The maximum absolute atomic E-state index is 13.3. The van der Waals surface area contributed by atoms with Crippen molar-refractivity contribution < 1.29 is 28.8 Å². The highest BCUT2D eigenvalue weighted by atomic mass is 32.7. The number of likely N-dealkylation sites (N-methyl/N-ethyl adjacent to an activating group) is 1. The Morgan fingerprint density at radius 2 is 0.718 bits per heavy atom. The molecule has 0 saturated carbocycles. The summed E-state index contributed by atoms with van der Waals surface area (Å²) in [5.74, 6) is 3.96. The maximum Gasteiger partial charge on any atom is 0.234 e. The molecule has 0 spiro atoms. The van der Waals surface area contributed by atoms with E-state index in [2.05, 4.69) is 81.8 Å². The summed E-state index contributed by atoms with van der Waals surface area (Å²) in [6, 6.07) is 0. The van der Waals surface area contributed by atoms with Crippen LogP contribution >= 0.6 is 47.3 Å². The Bertz CT molecular complexity index is 2320. The normalized spacial score (nSPS) is 12.7. The lowest BCUT2D eigenvalue weighted by Gasteiger charge is -2.23. The van der Waals surface area contributed by atoms with Crippen molar-refractivity contribution in [2.45, 2.75) is 393 Å². The van der Waals surface area contributed by atoms with Crippen LogP contribution in [0.15, 0.2) is 0 Å². The number of ketones is 3. The minimum atomic E-state index is -0.133. The molecule has 15 nitrogen and oxygen atoms in total. The number of rotatable bonds is 89. The lowest BCUT2D eigenvalue weighted by atomic mass is 10.0. The zero-order valence-electron chi connectivity index (χ0n) is 71.8. The van der Waals surface area contributed by atoms with Crippen LogP contribution in [0.3, 0.4) is 0 Å². The number of unbranched alkanes of at least 4 members (excludes halogenated alkanes) is 43. The number of carbonyl (C=O) groups excluding carboxylic acids is 6. The topological polar surface area (TPSA) is 198 Å². The van der Waals surface area contributed by atoms with E-state index < -0.39 is 0 Å². The van der Waals surface area contributed by atoms with E-state index in [1.54, 1.807) is 0 Å². The molecule has 0 bridgehead atoms. The number of carbonyl (C=O) groups is 6. The minimum Gasteiger partial charge on any atom is -0.407 e. The van der Waals surface area contributed by atoms with Gasteiger partial charge in [0.1, 0.15) is 17.3 Å². The van der Waals surface area contributed by atoms with Crippen molar-refractivity contribution in [1.82, 2.24) is 40.1 Å². The fourth-order valence-corrected chi connectivity index (χ4v) is 26.2. The molecular weight excluding hydrogens is 1540 g/mol. The molecule has 0 fully saturated rings. The zero-order valence-corrected chi connectivity index (χ0v) is 80.3. The first kappa shape index (κ1) is 110. The third-order valence-corrected chi connectivity index (χ3v) is 37.6. The van der Waals surface area contributed by atoms with Gasteiger partial charge < -0.3 is 45.6 Å². The van der Waals surface area contributed by atoms with E-state index in [1.807, 2.05) is 11.9 Å². The van der Waals surface area contributed by atoms with Crippen LogP contribution in [-0.2, 0) is 58.5 Å². The molecule has 0 aliphatic rings. The Morgan fingerprint density at radius 3 is 1.15 bits per heavy atom. The molecule has 0 aromatic rings. The summed E-state index contributed by atoms with van der Waals surface area (Å²) in [5.41, 5.74) is 5.69. The summed E-state index contributed by atoms with van der Waals surface area (Å²) in [6.07, 6.45) is 70.8. The molecular formula is C86H176N9O6P6S3-. The SMILES string of the molecule is CCCCCCCCCCCCCCCCCCP=[S-](=P)NCCCC(=O)CCN(CCNC(=O)CN(C)CCC(=O)CCCN(CCC(=O)CCCN)CCC(=O)NCCNS(CCCCCCCCCCCCCCCCCC)=PP)CCC(=O)NCCCS(CCCCCCCCCCCCCCCC)=PP. The highest BCUT2D eigenvalue weighted by Gasteiger charge is 2.16. The molecule has 650 valence electrons. The molecule has 0 aromatic carbocycles. The lowest BCUT2D eigenvalue weighted by Crippen LogP contribution is -2.41. The van der Waals surface area contributed by atoms with Crippen LogP contribution in [0.1, 0.15) is 393 Å². The zero-order chi connectivity index (χ0) is 80.3. The molecule has 24 heteroatoms. The van der Waals surface area contributed by atoms with Gasteiger partial charge in [-0.3, -0.25) is 46.4 Å². The Hall–Kier alpha value is 0.290. The predicted octanol–water partition coefficient (Wildman–Crippen LogP) is 22.3. The van der Waals surface area contributed by atoms with Crippen LogP contribution in [0.4, 0.5) is 0 Å². The molecule has 110 heavy (non-hydrogen) atoms. The van der Waals surface area contributed by atoms with E-state index in [-0.39, 0.29) is 61.3 Å². The summed E-state index contributed by atoms with van der Waals surface area (Å²) < 4.78 is 7.26. The monoisotopic (exact) mass is 1710 g/mol. The predicted molar refractivity (Wildman–Crippen MR) is 504 cm³/mol. The van der Waals surface area contributed by atoms with Crippen molar-refractivity contribution >= 4 is 112 Å². The van der Waals surface area contributed by atoms with Crippen molar-refractivity contribution in [3.05, 3.63) is 0 Å². The largest absolute Gasteiger partial charge is 0.407 e. The van der Waals surface area contributed by atoms with Crippen molar-refractivity contribution in [3.63, 3.8) is 0 Å². The first-order chi connectivity index (χ1) is 53.8. The van der Waals surface area contributed by atoms with Crippen LogP contribution in [0.2, 0.25) is 0 Å². The van der Waals surface area contributed by atoms with Crippen molar-refractivity contribution in [1.29, 1.82) is 0 Å².